The Morgan fingerprint density at radius 1 is 1.47 bits per heavy atom. The summed E-state index contributed by atoms with van der Waals surface area (Å²) in [5.74, 6) is 2.12. The average Bonchev–Trinajstić information content (AvgIpc) is 2.74. The molecule has 4 heteroatoms. The highest BCUT2D eigenvalue weighted by Gasteiger charge is 2.31. The van der Waals surface area contributed by atoms with Crippen molar-refractivity contribution in [3.63, 3.8) is 0 Å². The summed E-state index contributed by atoms with van der Waals surface area (Å²) >= 11 is 3.54. The molecule has 104 valence electrons. The first-order chi connectivity index (χ1) is 9.01. The number of nitrogens with zero attached hydrogens (tertiary/aromatic N) is 1. The van der Waals surface area contributed by atoms with Gasteiger partial charge in [-0.05, 0) is 35.6 Å². The van der Waals surface area contributed by atoms with Crippen LogP contribution < -0.4 is 4.74 Å². The molecule has 1 aromatic rings. The predicted molar refractivity (Wildman–Crippen MR) is 79.1 cm³/mol. The molecule has 0 aliphatic carbocycles. The van der Waals surface area contributed by atoms with Crippen molar-refractivity contribution in [1.29, 1.82) is 0 Å². The Hall–Kier alpha value is -1.03. The van der Waals surface area contributed by atoms with E-state index in [1.165, 1.54) is 0 Å². The number of rotatable bonds is 4. The Morgan fingerprint density at radius 3 is 2.79 bits per heavy atom. The molecule has 1 fully saturated rings. The summed E-state index contributed by atoms with van der Waals surface area (Å²) < 4.78 is 6.26. The van der Waals surface area contributed by atoms with Crippen LogP contribution in [-0.4, -0.2) is 24.5 Å². The van der Waals surface area contributed by atoms with E-state index >= 15 is 0 Å². The van der Waals surface area contributed by atoms with Crippen LogP contribution in [0.2, 0.25) is 0 Å². The molecule has 0 aromatic heterocycles. The maximum absolute atomic E-state index is 12.0. The van der Waals surface area contributed by atoms with Gasteiger partial charge in [-0.25, -0.2) is 0 Å². The fourth-order valence-electron chi connectivity index (χ4n) is 2.41. The van der Waals surface area contributed by atoms with E-state index in [-0.39, 0.29) is 5.91 Å². The quantitative estimate of drug-likeness (QED) is 0.848. The average molecular weight is 326 g/mol. The lowest BCUT2D eigenvalue weighted by Gasteiger charge is -2.19. The summed E-state index contributed by atoms with van der Waals surface area (Å²) in [6.07, 6.45) is 0.680. The minimum atomic E-state index is 0.258. The number of likely N-dealkylation sites (tertiary alicyclic amines) is 1. The number of amides is 1. The molecule has 1 saturated heterocycles. The number of ether oxygens (including phenoxy) is 1. The fraction of sp³-hybridized carbons (Fsp3) is 0.533. The second-order valence-electron chi connectivity index (χ2n) is 5.44. The predicted octanol–water partition coefficient (Wildman–Crippen LogP) is 3.46. The van der Waals surface area contributed by atoms with Gasteiger partial charge in [0.1, 0.15) is 5.75 Å². The molecule has 0 spiro atoms. The van der Waals surface area contributed by atoms with Crippen LogP contribution in [-0.2, 0) is 11.3 Å². The molecule has 0 bridgehead atoms. The molecule has 2 rings (SSSR count). The van der Waals surface area contributed by atoms with Crippen LogP contribution in [0.3, 0.4) is 0 Å². The molecule has 0 radical (unpaired) electrons. The largest absolute Gasteiger partial charge is 0.497 e. The summed E-state index contributed by atoms with van der Waals surface area (Å²) in [7, 11) is 1.66. The van der Waals surface area contributed by atoms with E-state index in [0.29, 0.717) is 24.8 Å². The number of hydrogen-bond acceptors (Lipinski definition) is 2. The van der Waals surface area contributed by atoms with Gasteiger partial charge in [0.15, 0.2) is 0 Å². The van der Waals surface area contributed by atoms with Gasteiger partial charge in [-0.3, -0.25) is 4.79 Å². The molecule has 1 aliphatic heterocycles. The van der Waals surface area contributed by atoms with Crippen LogP contribution in [0.5, 0.6) is 5.75 Å². The van der Waals surface area contributed by atoms with Gasteiger partial charge < -0.3 is 9.64 Å². The normalized spacial score (nSPS) is 19.3. The van der Waals surface area contributed by atoms with E-state index in [2.05, 4.69) is 29.8 Å². The highest BCUT2D eigenvalue weighted by atomic mass is 79.9. The van der Waals surface area contributed by atoms with Crippen molar-refractivity contribution in [3.8, 4) is 5.75 Å². The highest BCUT2D eigenvalue weighted by Crippen LogP contribution is 2.29. The molecule has 1 unspecified atom stereocenters. The van der Waals surface area contributed by atoms with Crippen molar-refractivity contribution in [2.45, 2.75) is 26.8 Å². The van der Waals surface area contributed by atoms with Crippen LogP contribution in [0.15, 0.2) is 22.7 Å². The van der Waals surface area contributed by atoms with E-state index in [1.54, 1.807) is 7.11 Å². The van der Waals surface area contributed by atoms with E-state index in [4.69, 9.17) is 4.74 Å². The van der Waals surface area contributed by atoms with Crippen LogP contribution in [0.1, 0.15) is 25.8 Å². The van der Waals surface area contributed by atoms with Crippen molar-refractivity contribution in [2.75, 3.05) is 13.7 Å². The zero-order chi connectivity index (χ0) is 14.0. The smallest absolute Gasteiger partial charge is 0.223 e. The molecule has 1 aliphatic rings. The van der Waals surface area contributed by atoms with E-state index in [9.17, 15) is 4.79 Å². The monoisotopic (exact) mass is 325 g/mol. The van der Waals surface area contributed by atoms with E-state index in [1.807, 2.05) is 23.1 Å². The topological polar surface area (TPSA) is 29.5 Å². The number of carbonyl (C=O) groups is 1. The molecule has 1 aromatic carbocycles. The van der Waals surface area contributed by atoms with Crippen LogP contribution in [0.4, 0.5) is 0 Å². The highest BCUT2D eigenvalue weighted by molar-refractivity contribution is 9.10. The summed E-state index contributed by atoms with van der Waals surface area (Å²) in [5, 5.41) is 0. The van der Waals surface area contributed by atoms with Gasteiger partial charge in [-0.2, -0.15) is 0 Å². The first kappa shape index (κ1) is 14.4. The Kier molecular flexibility index (Phi) is 4.50. The SMILES string of the molecule is COc1ccc(Br)c(CN2CC(C(C)C)CC2=O)c1. The van der Waals surface area contributed by atoms with Crippen molar-refractivity contribution < 1.29 is 9.53 Å². The summed E-state index contributed by atoms with van der Waals surface area (Å²) in [6.45, 7) is 5.88. The minimum absolute atomic E-state index is 0.258. The number of carbonyl (C=O) groups excluding carboxylic acids is 1. The van der Waals surface area contributed by atoms with Gasteiger partial charge in [-0.1, -0.05) is 29.8 Å². The molecule has 3 nitrogen and oxygen atoms in total. The van der Waals surface area contributed by atoms with Crippen molar-refractivity contribution in [1.82, 2.24) is 4.90 Å². The molecule has 1 heterocycles. The van der Waals surface area contributed by atoms with Gasteiger partial charge in [0.25, 0.3) is 0 Å². The Balaban J connectivity index is 2.11. The number of halogens is 1. The lowest BCUT2D eigenvalue weighted by molar-refractivity contribution is -0.128. The van der Waals surface area contributed by atoms with Gasteiger partial charge in [-0.15, -0.1) is 0 Å². The zero-order valence-corrected chi connectivity index (χ0v) is 13.2. The molecule has 1 atom stereocenters. The van der Waals surface area contributed by atoms with Crippen LogP contribution in [0, 0.1) is 11.8 Å². The summed E-state index contributed by atoms with van der Waals surface area (Å²) in [4.78, 5) is 14.0. The van der Waals surface area contributed by atoms with Gasteiger partial charge in [0.05, 0.1) is 7.11 Å². The summed E-state index contributed by atoms with van der Waals surface area (Å²) in [5.41, 5.74) is 1.09. The lowest BCUT2D eigenvalue weighted by atomic mass is 9.95. The van der Waals surface area contributed by atoms with Crippen molar-refractivity contribution in [3.05, 3.63) is 28.2 Å². The lowest BCUT2D eigenvalue weighted by Crippen LogP contribution is -2.25. The standard InChI is InChI=1S/C15H20BrNO2/c1-10(2)11-7-15(18)17(8-11)9-12-6-13(19-3)4-5-14(12)16/h4-6,10-11H,7-9H2,1-3H3. The minimum Gasteiger partial charge on any atom is -0.497 e. The number of benzene rings is 1. The van der Waals surface area contributed by atoms with E-state index < -0.39 is 0 Å². The zero-order valence-electron chi connectivity index (χ0n) is 11.6. The summed E-state index contributed by atoms with van der Waals surface area (Å²) in [6, 6.07) is 5.87. The fourth-order valence-corrected chi connectivity index (χ4v) is 2.78. The van der Waals surface area contributed by atoms with Gasteiger partial charge >= 0.3 is 0 Å². The molecule has 0 N–H and O–H groups in total. The van der Waals surface area contributed by atoms with Crippen LogP contribution in [0.25, 0.3) is 0 Å². The third-order valence-corrected chi connectivity index (χ3v) is 4.57. The van der Waals surface area contributed by atoms with E-state index in [0.717, 1.165) is 22.3 Å². The van der Waals surface area contributed by atoms with Crippen molar-refractivity contribution >= 4 is 21.8 Å². The molecular weight excluding hydrogens is 306 g/mol. The first-order valence-corrected chi connectivity index (χ1v) is 7.40. The first-order valence-electron chi connectivity index (χ1n) is 6.61. The molecule has 19 heavy (non-hydrogen) atoms. The molecule has 1 amide bonds. The third kappa shape index (κ3) is 3.30. The van der Waals surface area contributed by atoms with Crippen molar-refractivity contribution in [2.24, 2.45) is 11.8 Å². The van der Waals surface area contributed by atoms with Gasteiger partial charge in [0.2, 0.25) is 5.91 Å². The second-order valence-corrected chi connectivity index (χ2v) is 6.29. The van der Waals surface area contributed by atoms with Gasteiger partial charge in [0, 0.05) is 24.0 Å². The Bertz CT molecular complexity index is 473. The number of hydrogen-bond donors (Lipinski definition) is 0. The Morgan fingerprint density at radius 2 is 2.21 bits per heavy atom. The Labute approximate surface area is 123 Å². The third-order valence-electron chi connectivity index (χ3n) is 3.80. The van der Waals surface area contributed by atoms with Crippen LogP contribution >= 0.6 is 15.9 Å². The second kappa shape index (κ2) is 5.95. The molecule has 0 saturated carbocycles. The molecular formula is C15H20BrNO2. The number of methoxy groups -OCH3 is 1. The maximum atomic E-state index is 12.0. The maximum Gasteiger partial charge on any atom is 0.223 e.